The number of anilines is 1. The monoisotopic (exact) mass is 482 g/mol. The van der Waals surface area contributed by atoms with Crippen LogP contribution in [-0.4, -0.2) is 50.9 Å². The highest BCUT2D eigenvalue weighted by Crippen LogP contribution is 2.40. The summed E-state index contributed by atoms with van der Waals surface area (Å²) >= 11 is 3.61. The number of likely N-dealkylation sites (tertiary alicyclic amines) is 1. The second kappa shape index (κ2) is 8.55. The van der Waals surface area contributed by atoms with Gasteiger partial charge < -0.3 is 10.1 Å². The van der Waals surface area contributed by atoms with E-state index in [9.17, 15) is 4.79 Å². The Labute approximate surface area is 190 Å². The summed E-state index contributed by atoms with van der Waals surface area (Å²) in [5.74, 6) is 1.13. The van der Waals surface area contributed by atoms with Gasteiger partial charge in [-0.1, -0.05) is 20.8 Å². The first-order valence-corrected chi connectivity index (χ1v) is 12.0. The summed E-state index contributed by atoms with van der Waals surface area (Å²) in [6, 6.07) is 0.142. The predicted molar refractivity (Wildman–Crippen MR) is 125 cm³/mol. The molecule has 2 saturated heterocycles. The summed E-state index contributed by atoms with van der Waals surface area (Å²) in [7, 11) is 0. The number of hydrogen-bond acceptors (Lipinski definition) is 4. The zero-order valence-electron chi connectivity index (χ0n) is 19.8. The lowest BCUT2D eigenvalue weighted by atomic mass is 9.79. The van der Waals surface area contributed by atoms with Gasteiger partial charge in [0.1, 0.15) is 0 Å². The molecule has 0 bridgehead atoms. The SMILES string of the molecule is CC1CC(n2cc(Br)c(NC(=O)[C@@H]3CC(C(C)(C)C)CN3C(C)(C)C)n2)CC(C)O1. The molecular weight excluding hydrogens is 444 g/mol. The van der Waals surface area contributed by atoms with E-state index in [0.717, 1.165) is 30.3 Å². The normalized spacial score (nSPS) is 31.2. The van der Waals surface area contributed by atoms with E-state index in [-0.39, 0.29) is 41.2 Å². The Balaban J connectivity index is 1.75. The predicted octanol–water partition coefficient (Wildman–Crippen LogP) is 5.25. The Hall–Kier alpha value is -0.920. The first kappa shape index (κ1) is 23.7. The van der Waals surface area contributed by atoms with Gasteiger partial charge in [0.05, 0.1) is 28.8 Å². The fraction of sp³-hybridized carbons (Fsp3) is 0.826. The number of amides is 1. The van der Waals surface area contributed by atoms with E-state index in [1.54, 1.807) is 0 Å². The standard InChI is InChI=1S/C23H39BrN4O2/c1-14-9-17(10-15(2)30-14)28-13-18(24)20(26-28)25-21(29)19-11-16(22(3,4)5)12-27(19)23(6,7)8/h13-17,19H,9-12H2,1-8H3,(H,25,26,29)/t14?,15?,16?,17?,19-/m0/s1. The molecule has 0 aromatic carbocycles. The van der Waals surface area contributed by atoms with Crippen LogP contribution in [0.2, 0.25) is 0 Å². The molecule has 170 valence electrons. The summed E-state index contributed by atoms with van der Waals surface area (Å²) in [6.45, 7) is 18.5. The smallest absolute Gasteiger partial charge is 0.242 e. The molecule has 0 spiro atoms. The number of rotatable bonds is 3. The van der Waals surface area contributed by atoms with Crippen molar-refractivity contribution in [2.24, 2.45) is 11.3 Å². The molecule has 1 N–H and O–H groups in total. The van der Waals surface area contributed by atoms with Gasteiger partial charge in [-0.25, -0.2) is 0 Å². The number of hydrogen-bond donors (Lipinski definition) is 1. The third kappa shape index (κ3) is 5.28. The van der Waals surface area contributed by atoms with Crippen molar-refractivity contribution < 1.29 is 9.53 Å². The van der Waals surface area contributed by atoms with Crippen LogP contribution in [0.1, 0.15) is 80.7 Å². The minimum Gasteiger partial charge on any atom is -0.375 e. The number of carbonyl (C=O) groups excluding carboxylic acids is 1. The Morgan fingerprint density at radius 1 is 1.13 bits per heavy atom. The van der Waals surface area contributed by atoms with Crippen molar-refractivity contribution in [1.29, 1.82) is 0 Å². The van der Waals surface area contributed by atoms with E-state index >= 15 is 0 Å². The maximum Gasteiger partial charge on any atom is 0.242 e. The molecule has 1 aromatic rings. The fourth-order valence-electron chi connectivity index (χ4n) is 4.88. The lowest BCUT2D eigenvalue weighted by Gasteiger charge is -2.36. The van der Waals surface area contributed by atoms with Crippen LogP contribution in [-0.2, 0) is 9.53 Å². The summed E-state index contributed by atoms with van der Waals surface area (Å²) < 4.78 is 8.68. The molecule has 0 saturated carbocycles. The molecule has 7 heteroatoms. The minimum atomic E-state index is -0.144. The highest BCUT2D eigenvalue weighted by atomic mass is 79.9. The zero-order chi connectivity index (χ0) is 22.4. The summed E-state index contributed by atoms with van der Waals surface area (Å²) in [6.07, 6.45) is 5.15. The topological polar surface area (TPSA) is 59.4 Å². The third-order valence-electron chi connectivity index (χ3n) is 6.67. The summed E-state index contributed by atoms with van der Waals surface area (Å²) in [5.41, 5.74) is 0.115. The van der Waals surface area contributed by atoms with E-state index < -0.39 is 0 Å². The Morgan fingerprint density at radius 2 is 1.73 bits per heavy atom. The summed E-state index contributed by atoms with van der Waals surface area (Å²) in [4.78, 5) is 15.7. The third-order valence-corrected chi connectivity index (χ3v) is 7.25. The van der Waals surface area contributed by atoms with Gasteiger partial charge >= 0.3 is 0 Å². The highest BCUT2D eigenvalue weighted by Gasteiger charge is 2.45. The Morgan fingerprint density at radius 3 is 2.27 bits per heavy atom. The molecule has 3 unspecified atom stereocenters. The molecule has 0 aliphatic carbocycles. The highest BCUT2D eigenvalue weighted by molar-refractivity contribution is 9.10. The van der Waals surface area contributed by atoms with Crippen LogP contribution in [0.25, 0.3) is 0 Å². The van der Waals surface area contributed by atoms with Crippen molar-refractivity contribution in [1.82, 2.24) is 14.7 Å². The molecule has 3 rings (SSSR count). The van der Waals surface area contributed by atoms with Crippen LogP contribution in [0.4, 0.5) is 5.82 Å². The van der Waals surface area contributed by atoms with E-state index in [2.05, 4.69) is 81.5 Å². The second-order valence-corrected chi connectivity index (χ2v) is 12.2. The maximum absolute atomic E-state index is 13.3. The molecule has 2 aliphatic heterocycles. The average molecular weight is 483 g/mol. The van der Waals surface area contributed by atoms with Gasteiger partial charge in [0.15, 0.2) is 5.82 Å². The quantitative estimate of drug-likeness (QED) is 0.638. The number of nitrogens with zero attached hydrogens (tertiary/aromatic N) is 3. The Kier molecular flexibility index (Phi) is 6.76. The van der Waals surface area contributed by atoms with Gasteiger partial charge in [-0.15, -0.1) is 0 Å². The number of aromatic nitrogens is 2. The summed E-state index contributed by atoms with van der Waals surface area (Å²) in [5, 5.41) is 7.85. The first-order chi connectivity index (χ1) is 13.8. The number of nitrogens with one attached hydrogen (secondary N) is 1. The van der Waals surface area contributed by atoms with Crippen LogP contribution in [0.3, 0.4) is 0 Å². The zero-order valence-corrected chi connectivity index (χ0v) is 21.4. The number of carbonyl (C=O) groups is 1. The van der Waals surface area contributed by atoms with Gasteiger partial charge in [0.25, 0.3) is 0 Å². The first-order valence-electron chi connectivity index (χ1n) is 11.2. The van der Waals surface area contributed by atoms with Crippen molar-refractivity contribution in [3.8, 4) is 0 Å². The largest absolute Gasteiger partial charge is 0.375 e. The number of ether oxygens (including phenoxy) is 1. The van der Waals surface area contributed by atoms with Gasteiger partial charge in [-0.05, 0) is 81.1 Å². The van der Waals surface area contributed by atoms with Gasteiger partial charge in [0.2, 0.25) is 5.91 Å². The molecule has 1 amide bonds. The lowest BCUT2D eigenvalue weighted by molar-refractivity contribution is -0.122. The molecule has 1 aromatic heterocycles. The molecule has 2 fully saturated rings. The van der Waals surface area contributed by atoms with Crippen LogP contribution in [0.15, 0.2) is 10.7 Å². The van der Waals surface area contributed by atoms with Crippen molar-refractivity contribution in [3.05, 3.63) is 10.7 Å². The molecule has 3 heterocycles. The van der Waals surface area contributed by atoms with Crippen LogP contribution < -0.4 is 5.32 Å². The average Bonchev–Trinajstić information content (AvgIpc) is 3.18. The van der Waals surface area contributed by atoms with Crippen molar-refractivity contribution in [2.75, 3.05) is 11.9 Å². The Bertz CT molecular complexity index is 754. The molecule has 6 nitrogen and oxygen atoms in total. The molecular formula is C23H39BrN4O2. The second-order valence-electron chi connectivity index (χ2n) is 11.3. The minimum absolute atomic E-state index is 0.0383. The number of halogens is 1. The van der Waals surface area contributed by atoms with E-state index in [1.807, 2.05) is 10.9 Å². The molecule has 2 aliphatic rings. The van der Waals surface area contributed by atoms with Gasteiger partial charge in [-0.3, -0.25) is 14.4 Å². The lowest BCUT2D eigenvalue weighted by Crippen LogP contribution is -2.49. The van der Waals surface area contributed by atoms with Crippen LogP contribution in [0, 0.1) is 11.3 Å². The molecule has 4 atom stereocenters. The fourth-order valence-corrected chi connectivity index (χ4v) is 5.27. The van der Waals surface area contributed by atoms with Gasteiger partial charge in [-0.2, -0.15) is 5.10 Å². The van der Waals surface area contributed by atoms with Crippen LogP contribution in [0.5, 0.6) is 0 Å². The maximum atomic E-state index is 13.3. The molecule has 0 radical (unpaired) electrons. The van der Waals surface area contributed by atoms with E-state index in [0.29, 0.717) is 11.7 Å². The molecule has 30 heavy (non-hydrogen) atoms. The van der Waals surface area contributed by atoms with Gasteiger partial charge in [0, 0.05) is 18.3 Å². The van der Waals surface area contributed by atoms with E-state index in [4.69, 9.17) is 9.84 Å². The van der Waals surface area contributed by atoms with Crippen molar-refractivity contribution >= 4 is 27.7 Å². The van der Waals surface area contributed by atoms with E-state index in [1.165, 1.54) is 0 Å². The van der Waals surface area contributed by atoms with Crippen molar-refractivity contribution in [3.63, 3.8) is 0 Å². The van der Waals surface area contributed by atoms with Crippen molar-refractivity contribution in [2.45, 2.75) is 104 Å². The van der Waals surface area contributed by atoms with Crippen LogP contribution >= 0.6 is 15.9 Å².